The van der Waals surface area contributed by atoms with Crippen LogP contribution in [0, 0.1) is 0 Å². The highest BCUT2D eigenvalue weighted by Gasteiger charge is 2.11. The molecule has 0 radical (unpaired) electrons. The Balaban J connectivity index is 1.58. The first kappa shape index (κ1) is 20.3. The second-order valence-electron chi connectivity index (χ2n) is 6.28. The molecule has 0 amide bonds. The summed E-state index contributed by atoms with van der Waals surface area (Å²) in [5.74, 6) is -0.0713. The summed E-state index contributed by atoms with van der Waals surface area (Å²) in [5, 5.41) is 4.98. The number of aryl methyl sites for hydroxylation is 1. The van der Waals surface area contributed by atoms with Crippen molar-refractivity contribution in [2.45, 2.75) is 18.7 Å². The van der Waals surface area contributed by atoms with E-state index >= 15 is 0 Å². The predicted molar refractivity (Wildman–Crippen MR) is 111 cm³/mol. The number of hydrogen-bond acceptors (Lipinski definition) is 4. The molecule has 0 atom stereocenters. The first-order valence-corrected chi connectivity index (χ1v) is 10.8. The molecule has 0 unspecified atom stereocenters. The van der Waals surface area contributed by atoms with Crippen molar-refractivity contribution in [3.63, 3.8) is 0 Å². The smallest absolute Gasteiger partial charge is 0.266 e. The van der Waals surface area contributed by atoms with Crippen LogP contribution in [0.15, 0.2) is 71.5 Å². The van der Waals surface area contributed by atoms with Gasteiger partial charge in [-0.1, -0.05) is 54.1 Å². The van der Waals surface area contributed by atoms with Crippen molar-refractivity contribution in [1.82, 2.24) is 14.5 Å². The highest BCUT2D eigenvalue weighted by atomic mass is 35.5. The zero-order chi connectivity index (χ0) is 20.0. The van der Waals surface area contributed by atoms with Crippen LogP contribution in [0.5, 0.6) is 0 Å². The van der Waals surface area contributed by atoms with Gasteiger partial charge in [-0.05, 0) is 30.2 Å². The Labute approximate surface area is 168 Å². The van der Waals surface area contributed by atoms with Gasteiger partial charge in [0.25, 0.3) is 5.56 Å². The molecule has 1 N–H and O–H groups in total. The Morgan fingerprint density at radius 1 is 0.964 bits per heavy atom. The molecule has 0 spiro atoms. The molecule has 1 heterocycles. The zero-order valence-electron chi connectivity index (χ0n) is 15.1. The lowest BCUT2D eigenvalue weighted by atomic mass is 10.1. The fraction of sp³-hybridized carbons (Fsp3) is 0.200. The van der Waals surface area contributed by atoms with Gasteiger partial charge in [0, 0.05) is 29.7 Å². The van der Waals surface area contributed by atoms with E-state index < -0.39 is 10.0 Å². The van der Waals surface area contributed by atoms with E-state index in [1.54, 1.807) is 42.5 Å². The van der Waals surface area contributed by atoms with Gasteiger partial charge in [0.15, 0.2) is 0 Å². The van der Waals surface area contributed by atoms with Gasteiger partial charge in [-0.3, -0.25) is 4.79 Å². The molecule has 8 heteroatoms. The van der Waals surface area contributed by atoms with Crippen molar-refractivity contribution in [2.24, 2.45) is 0 Å². The fourth-order valence-electron chi connectivity index (χ4n) is 2.68. The minimum Gasteiger partial charge on any atom is -0.268 e. The molecule has 0 aliphatic carbocycles. The molecule has 0 bridgehead atoms. The highest BCUT2D eigenvalue weighted by molar-refractivity contribution is 7.88. The van der Waals surface area contributed by atoms with Crippen LogP contribution < -0.4 is 10.3 Å². The van der Waals surface area contributed by atoms with E-state index in [-0.39, 0.29) is 17.9 Å². The topological polar surface area (TPSA) is 81.1 Å². The maximum atomic E-state index is 12.1. The summed E-state index contributed by atoms with van der Waals surface area (Å²) in [6, 6.07) is 19.3. The van der Waals surface area contributed by atoms with Crippen LogP contribution in [0.4, 0.5) is 0 Å². The van der Waals surface area contributed by atoms with Crippen LogP contribution in [0.2, 0.25) is 5.02 Å². The lowest BCUT2D eigenvalue weighted by Gasteiger charge is -2.09. The van der Waals surface area contributed by atoms with E-state index in [2.05, 4.69) is 9.82 Å². The zero-order valence-corrected chi connectivity index (χ0v) is 16.7. The molecular formula is C20H20ClN3O3S. The van der Waals surface area contributed by atoms with Crippen molar-refractivity contribution >= 4 is 21.6 Å². The molecule has 0 aliphatic heterocycles. The van der Waals surface area contributed by atoms with Crippen molar-refractivity contribution in [3.8, 4) is 11.3 Å². The third kappa shape index (κ3) is 5.76. The Morgan fingerprint density at radius 2 is 1.68 bits per heavy atom. The maximum absolute atomic E-state index is 12.1. The molecular weight excluding hydrogens is 398 g/mol. The molecule has 0 saturated heterocycles. The highest BCUT2D eigenvalue weighted by Crippen LogP contribution is 2.18. The Hall–Kier alpha value is -2.48. The summed E-state index contributed by atoms with van der Waals surface area (Å²) in [5.41, 5.74) is 2.00. The lowest BCUT2D eigenvalue weighted by Crippen LogP contribution is -2.29. The van der Waals surface area contributed by atoms with Crippen LogP contribution in [-0.4, -0.2) is 24.7 Å². The number of hydrogen-bond donors (Lipinski definition) is 1. The van der Waals surface area contributed by atoms with Crippen molar-refractivity contribution in [3.05, 3.63) is 87.7 Å². The average Bonchev–Trinajstić information content (AvgIpc) is 2.68. The third-order valence-corrected chi connectivity index (χ3v) is 5.68. The van der Waals surface area contributed by atoms with Crippen molar-refractivity contribution in [2.75, 3.05) is 6.54 Å². The summed E-state index contributed by atoms with van der Waals surface area (Å²) >= 11 is 5.90. The molecule has 28 heavy (non-hydrogen) atoms. The fourth-order valence-corrected chi connectivity index (χ4v) is 4.00. The molecule has 3 aromatic rings. The van der Waals surface area contributed by atoms with E-state index in [9.17, 15) is 13.2 Å². The monoisotopic (exact) mass is 417 g/mol. The summed E-state index contributed by atoms with van der Waals surface area (Å²) in [4.78, 5) is 12.0. The van der Waals surface area contributed by atoms with Crippen LogP contribution >= 0.6 is 11.6 Å². The second-order valence-corrected chi connectivity index (χ2v) is 8.52. The minimum atomic E-state index is -3.42. The van der Waals surface area contributed by atoms with Gasteiger partial charge in [0.1, 0.15) is 0 Å². The van der Waals surface area contributed by atoms with Crippen molar-refractivity contribution < 1.29 is 8.42 Å². The number of nitrogens with zero attached hydrogens (tertiary/aromatic N) is 2. The number of halogens is 1. The Morgan fingerprint density at radius 3 is 2.39 bits per heavy atom. The molecule has 2 aromatic carbocycles. The molecule has 6 nitrogen and oxygen atoms in total. The summed E-state index contributed by atoms with van der Waals surface area (Å²) < 4.78 is 28.2. The van der Waals surface area contributed by atoms with Gasteiger partial charge in [-0.2, -0.15) is 5.10 Å². The first-order valence-electron chi connectivity index (χ1n) is 8.78. The van der Waals surface area contributed by atoms with Gasteiger partial charge < -0.3 is 0 Å². The number of aromatic nitrogens is 2. The van der Waals surface area contributed by atoms with Crippen LogP contribution in [-0.2, 0) is 22.3 Å². The van der Waals surface area contributed by atoms with Crippen LogP contribution in [0.1, 0.15) is 12.0 Å². The first-order chi connectivity index (χ1) is 13.4. The molecule has 0 saturated carbocycles. The summed E-state index contributed by atoms with van der Waals surface area (Å²) in [7, 11) is -3.42. The van der Waals surface area contributed by atoms with Gasteiger partial charge in [0.2, 0.25) is 10.0 Å². The molecule has 3 rings (SSSR count). The van der Waals surface area contributed by atoms with Crippen molar-refractivity contribution in [1.29, 1.82) is 0 Å². The van der Waals surface area contributed by atoms with Gasteiger partial charge in [-0.25, -0.2) is 17.8 Å². The van der Waals surface area contributed by atoms with E-state index in [4.69, 9.17) is 11.6 Å². The minimum absolute atomic E-state index is 0.0713. The van der Waals surface area contributed by atoms with E-state index in [1.807, 2.05) is 18.2 Å². The number of nitrogens with one attached hydrogen (secondary N) is 1. The maximum Gasteiger partial charge on any atom is 0.266 e. The average molecular weight is 418 g/mol. The predicted octanol–water partition coefficient (Wildman–Crippen LogP) is 3.07. The largest absolute Gasteiger partial charge is 0.268 e. The third-order valence-electron chi connectivity index (χ3n) is 4.07. The van der Waals surface area contributed by atoms with Crippen LogP contribution in [0.25, 0.3) is 11.3 Å². The van der Waals surface area contributed by atoms with Gasteiger partial charge in [0.05, 0.1) is 11.4 Å². The molecule has 146 valence electrons. The van der Waals surface area contributed by atoms with Crippen LogP contribution in [0.3, 0.4) is 0 Å². The lowest BCUT2D eigenvalue weighted by molar-refractivity contribution is 0.536. The number of benzene rings is 2. The molecule has 0 aliphatic rings. The molecule has 1 aromatic heterocycles. The molecule has 0 fully saturated rings. The van der Waals surface area contributed by atoms with E-state index in [1.165, 1.54) is 10.7 Å². The second kappa shape index (κ2) is 9.14. The Bertz CT molecular complexity index is 1080. The SMILES string of the molecule is O=c1ccc(-c2ccc(Cl)cc2)nn1CCCNS(=O)(=O)Cc1ccccc1. The summed E-state index contributed by atoms with van der Waals surface area (Å²) in [6.45, 7) is 0.544. The number of sulfonamides is 1. The van der Waals surface area contributed by atoms with E-state index in [0.29, 0.717) is 23.7 Å². The quantitative estimate of drug-likeness (QED) is 0.571. The normalized spacial score (nSPS) is 11.5. The van der Waals surface area contributed by atoms with Gasteiger partial charge >= 0.3 is 0 Å². The summed E-state index contributed by atoms with van der Waals surface area (Å²) in [6.07, 6.45) is 0.449. The standard InChI is InChI=1S/C20H20ClN3O3S/c21-18-9-7-17(8-10-18)19-11-12-20(25)24(23-19)14-4-13-22-28(26,27)15-16-5-2-1-3-6-16/h1-3,5-12,22H,4,13-15H2. The van der Waals surface area contributed by atoms with E-state index in [0.717, 1.165) is 11.1 Å². The Kier molecular flexibility index (Phi) is 6.61. The number of rotatable bonds is 8. The van der Waals surface area contributed by atoms with Gasteiger partial charge in [-0.15, -0.1) is 0 Å².